The Hall–Kier alpha value is -1.12. The van der Waals surface area contributed by atoms with Crippen LogP contribution in [0.3, 0.4) is 0 Å². The van der Waals surface area contributed by atoms with E-state index in [9.17, 15) is 4.79 Å². The van der Waals surface area contributed by atoms with E-state index in [0.29, 0.717) is 10.2 Å². The average Bonchev–Trinajstić information content (AvgIpc) is 3.02. The van der Waals surface area contributed by atoms with Gasteiger partial charge in [-0.05, 0) is 45.0 Å². The first kappa shape index (κ1) is 20.6. The number of nitrogens with zero attached hydrogens (tertiary/aromatic N) is 2. The fourth-order valence-electron chi connectivity index (χ4n) is 3.06. The lowest BCUT2D eigenvalue weighted by molar-refractivity contribution is -0.115. The first-order chi connectivity index (χ1) is 12.9. The van der Waals surface area contributed by atoms with E-state index in [1.807, 2.05) is 36.6 Å². The number of halogens is 1. The molecule has 2 aromatic rings. The molecule has 1 N–H and O–H groups in total. The number of benzene rings is 1. The van der Waals surface area contributed by atoms with Gasteiger partial charge in [-0.15, -0.1) is 23.1 Å². The number of amides is 1. The van der Waals surface area contributed by atoms with E-state index in [1.54, 1.807) is 0 Å². The van der Waals surface area contributed by atoms with Gasteiger partial charge in [0.1, 0.15) is 0 Å². The molecule has 0 spiro atoms. The van der Waals surface area contributed by atoms with Crippen molar-refractivity contribution in [2.45, 2.75) is 49.7 Å². The smallest absolute Gasteiger partial charge is 0.239 e. The monoisotopic (exact) mass is 425 g/mol. The van der Waals surface area contributed by atoms with E-state index in [1.165, 1.54) is 23.1 Å². The second-order valence-corrected chi connectivity index (χ2v) is 9.51. The second kappa shape index (κ2) is 9.39. The van der Waals surface area contributed by atoms with Crippen molar-refractivity contribution in [2.75, 3.05) is 18.4 Å². The van der Waals surface area contributed by atoms with Crippen molar-refractivity contribution in [3.05, 3.63) is 40.4 Å². The van der Waals surface area contributed by atoms with Crippen LogP contribution in [0.4, 0.5) is 5.13 Å². The molecular weight excluding hydrogens is 402 g/mol. The van der Waals surface area contributed by atoms with Crippen molar-refractivity contribution in [1.82, 2.24) is 9.88 Å². The van der Waals surface area contributed by atoms with Gasteiger partial charge in [-0.2, -0.15) is 0 Å². The molecule has 0 radical (unpaired) electrons. The predicted molar refractivity (Wildman–Crippen MR) is 113 cm³/mol. The lowest BCUT2D eigenvalue weighted by Crippen LogP contribution is -2.44. The number of nitrogens with one attached hydrogen (secondary N) is 1. The number of thiazole rings is 1. The number of thioether (sulfide) groups is 1. The molecule has 1 saturated heterocycles. The van der Waals surface area contributed by atoms with E-state index >= 15 is 0 Å². The Bertz CT molecular complexity index is 759. The lowest BCUT2D eigenvalue weighted by Gasteiger charge is -2.34. The third-order valence-electron chi connectivity index (χ3n) is 4.16. The molecule has 1 amide bonds. The summed E-state index contributed by atoms with van der Waals surface area (Å²) in [5.74, 6) is -0.0514. The number of hydrogen-bond donors (Lipinski definition) is 1. The third kappa shape index (κ3) is 6.19. The van der Waals surface area contributed by atoms with Gasteiger partial charge in [0.15, 0.2) is 5.13 Å². The van der Waals surface area contributed by atoms with Crippen LogP contribution >= 0.6 is 34.7 Å². The van der Waals surface area contributed by atoms with Crippen LogP contribution in [-0.4, -0.2) is 46.3 Å². The lowest BCUT2D eigenvalue weighted by atomic mass is 10.2. The maximum absolute atomic E-state index is 12.5. The van der Waals surface area contributed by atoms with Crippen LogP contribution in [0.25, 0.3) is 0 Å². The number of aromatic nitrogens is 1. The number of morpholine rings is 1. The summed E-state index contributed by atoms with van der Waals surface area (Å²) in [4.78, 5) is 20.4. The molecule has 0 bridgehead atoms. The van der Waals surface area contributed by atoms with Crippen LogP contribution in [0.2, 0.25) is 5.02 Å². The van der Waals surface area contributed by atoms with E-state index in [-0.39, 0.29) is 23.4 Å². The van der Waals surface area contributed by atoms with Gasteiger partial charge in [-0.3, -0.25) is 9.69 Å². The molecular formula is C19H24ClN3O2S2. The molecule has 1 fully saturated rings. The van der Waals surface area contributed by atoms with Crippen LogP contribution in [0.15, 0.2) is 34.5 Å². The molecule has 1 aromatic heterocycles. The minimum atomic E-state index is -0.223. The highest BCUT2D eigenvalue weighted by Gasteiger charge is 2.23. The zero-order chi connectivity index (χ0) is 19.4. The van der Waals surface area contributed by atoms with Gasteiger partial charge in [0, 0.05) is 34.9 Å². The summed E-state index contributed by atoms with van der Waals surface area (Å²) in [6, 6.07) is 7.50. The molecule has 3 rings (SSSR count). The number of ether oxygens (including phenoxy) is 1. The Labute approximate surface area is 173 Å². The average molecular weight is 426 g/mol. The first-order valence-corrected chi connectivity index (χ1v) is 11.1. The number of carbonyl (C=O) groups excluding carboxylic acids is 1. The van der Waals surface area contributed by atoms with Crippen LogP contribution in [0, 0.1) is 0 Å². The maximum atomic E-state index is 12.5. The normalized spacial score (nSPS) is 21.8. The highest BCUT2D eigenvalue weighted by molar-refractivity contribution is 8.00. The summed E-state index contributed by atoms with van der Waals surface area (Å²) >= 11 is 8.87. The topological polar surface area (TPSA) is 54.5 Å². The van der Waals surface area contributed by atoms with E-state index in [0.717, 1.165) is 30.2 Å². The van der Waals surface area contributed by atoms with Gasteiger partial charge in [0.05, 0.1) is 23.2 Å². The van der Waals surface area contributed by atoms with Crippen molar-refractivity contribution in [3.63, 3.8) is 0 Å². The van der Waals surface area contributed by atoms with Crippen LogP contribution in [-0.2, 0) is 16.1 Å². The fraction of sp³-hybridized carbons (Fsp3) is 0.474. The zero-order valence-corrected chi connectivity index (χ0v) is 18.0. The van der Waals surface area contributed by atoms with Gasteiger partial charge in [0.25, 0.3) is 0 Å². The van der Waals surface area contributed by atoms with Gasteiger partial charge in [-0.25, -0.2) is 4.98 Å². The van der Waals surface area contributed by atoms with Gasteiger partial charge >= 0.3 is 0 Å². The van der Waals surface area contributed by atoms with Crippen molar-refractivity contribution in [1.29, 1.82) is 0 Å². The first-order valence-electron chi connectivity index (χ1n) is 8.94. The molecule has 146 valence electrons. The minimum absolute atomic E-state index is 0.0514. The summed E-state index contributed by atoms with van der Waals surface area (Å²) < 4.78 is 5.77. The van der Waals surface area contributed by atoms with Crippen molar-refractivity contribution in [2.24, 2.45) is 0 Å². The summed E-state index contributed by atoms with van der Waals surface area (Å²) in [5, 5.41) is 6.05. The second-order valence-electron chi connectivity index (χ2n) is 6.80. The van der Waals surface area contributed by atoms with E-state index in [2.05, 4.69) is 29.0 Å². The van der Waals surface area contributed by atoms with E-state index < -0.39 is 0 Å². The highest BCUT2D eigenvalue weighted by atomic mass is 35.5. The maximum Gasteiger partial charge on any atom is 0.239 e. The van der Waals surface area contributed by atoms with Crippen LogP contribution in [0.1, 0.15) is 26.5 Å². The third-order valence-corrected chi connectivity index (χ3v) is 6.33. The van der Waals surface area contributed by atoms with Crippen molar-refractivity contribution >= 4 is 45.7 Å². The van der Waals surface area contributed by atoms with Gasteiger partial charge in [0.2, 0.25) is 5.91 Å². The van der Waals surface area contributed by atoms with E-state index in [4.69, 9.17) is 16.3 Å². The molecule has 0 saturated carbocycles. The largest absolute Gasteiger partial charge is 0.373 e. The molecule has 8 heteroatoms. The minimum Gasteiger partial charge on any atom is -0.373 e. The number of rotatable bonds is 6. The van der Waals surface area contributed by atoms with Crippen LogP contribution < -0.4 is 5.32 Å². The Morgan fingerprint density at radius 1 is 1.37 bits per heavy atom. The summed E-state index contributed by atoms with van der Waals surface area (Å²) in [6.07, 6.45) is 0.467. The molecule has 0 aliphatic carbocycles. The van der Waals surface area contributed by atoms with Gasteiger partial charge < -0.3 is 10.1 Å². The fourth-order valence-corrected chi connectivity index (χ4v) is 4.76. The summed E-state index contributed by atoms with van der Waals surface area (Å²) in [7, 11) is 0. The molecule has 0 unspecified atom stereocenters. The summed E-state index contributed by atoms with van der Waals surface area (Å²) in [5.41, 5.74) is 0.981. The standard InChI is InChI=1S/C19H24ClN3O2S2/c1-12-8-23(9-13(2)25-12)10-16-11-26-19(21-16)22-18(24)14(3)27-17-6-4-15(20)5-7-17/h4-7,11-14H,8-10H2,1-3H3,(H,21,22,24)/t12-,13-,14-/m1/s1. The number of hydrogen-bond acceptors (Lipinski definition) is 6. The SMILES string of the molecule is C[C@@H]1CN(Cc2csc(NC(=O)[C@@H](C)Sc3ccc(Cl)cc3)n2)C[C@@H](C)O1. The Balaban J connectivity index is 1.52. The van der Waals surface area contributed by atoms with Crippen molar-refractivity contribution < 1.29 is 9.53 Å². The molecule has 1 aliphatic heterocycles. The number of carbonyl (C=O) groups is 1. The zero-order valence-electron chi connectivity index (χ0n) is 15.6. The Morgan fingerprint density at radius 3 is 2.70 bits per heavy atom. The Kier molecular flexibility index (Phi) is 7.16. The number of anilines is 1. The predicted octanol–water partition coefficient (Wildman–Crippen LogP) is 4.53. The van der Waals surface area contributed by atoms with Crippen molar-refractivity contribution in [3.8, 4) is 0 Å². The summed E-state index contributed by atoms with van der Waals surface area (Å²) in [6.45, 7) is 8.65. The molecule has 3 atom stereocenters. The molecule has 2 heterocycles. The quantitative estimate of drug-likeness (QED) is 0.689. The molecule has 1 aliphatic rings. The van der Waals surface area contributed by atoms with Crippen LogP contribution in [0.5, 0.6) is 0 Å². The highest BCUT2D eigenvalue weighted by Crippen LogP contribution is 2.26. The van der Waals surface area contributed by atoms with Gasteiger partial charge in [-0.1, -0.05) is 11.6 Å². The molecule has 1 aromatic carbocycles. The molecule has 5 nitrogen and oxygen atoms in total. The molecule has 27 heavy (non-hydrogen) atoms. The Morgan fingerprint density at radius 2 is 2.04 bits per heavy atom.